The molecule has 0 spiro atoms. The molecular weight excluding hydrogens is 185 g/mol. The molecule has 1 aromatic rings. The quantitative estimate of drug-likeness (QED) is 0.723. The number of hydrogen-bond acceptors (Lipinski definition) is 3. The first-order valence-electron chi connectivity index (χ1n) is 3.47. The Hall–Kier alpha value is -1.33. The summed E-state index contributed by atoms with van der Waals surface area (Å²) in [5.41, 5.74) is 0.296. The van der Waals surface area contributed by atoms with Crippen LogP contribution in [0.3, 0.4) is 0 Å². The summed E-state index contributed by atoms with van der Waals surface area (Å²) < 4.78 is 41.2. The summed E-state index contributed by atoms with van der Waals surface area (Å²) >= 11 is 0. The fraction of sp³-hybridized carbons (Fsp3) is 0.429. The zero-order valence-electron chi connectivity index (χ0n) is 7.01. The Labute approximate surface area is 72.3 Å². The third-order valence-corrected chi connectivity index (χ3v) is 1.25. The van der Waals surface area contributed by atoms with E-state index in [-0.39, 0.29) is 0 Å². The van der Waals surface area contributed by atoms with E-state index in [2.05, 4.69) is 14.6 Å². The van der Waals surface area contributed by atoms with Crippen LogP contribution in [0.5, 0.6) is 0 Å². The van der Waals surface area contributed by atoms with Crippen molar-refractivity contribution < 1.29 is 17.6 Å². The molecule has 0 radical (unpaired) electrons. The minimum Gasteiger partial charge on any atom is -0.413 e. The van der Waals surface area contributed by atoms with E-state index in [0.29, 0.717) is 5.57 Å². The molecule has 0 saturated carbocycles. The number of aromatic nitrogens is 2. The number of nitrogens with zero attached hydrogens (tertiary/aromatic N) is 2. The van der Waals surface area contributed by atoms with Crippen molar-refractivity contribution in [1.29, 1.82) is 0 Å². The van der Waals surface area contributed by atoms with Gasteiger partial charge in [0.2, 0.25) is 0 Å². The molecule has 0 amide bonds. The van der Waals surface area contributed by atoms with Crippen LogP contribution in [-0.2, 0) is 0 Å². The third-order valence-electron chi connectivity index (χ3n) is 1.25. The molecule has 0 aromatic carbocycles. The molecule has 0 fully saturated rings. The van der Waals surface area contributed by atoms with Gasteiger partial charge in [0.25, 0.3) is 11.8 Å². The second-order valence-electron chi connectivity index (χ2n) is 2.56. The molecule has 0 N–H and O–H groups in total. The summed E-state index contributed by atoms with van der Waals surface area (Å²) in [7, 11) is 0. The molecule has 0 unspecified atom stereocenters. The smallest absolute Gasteiger partial charge is 0.314 e. The van der Waals surface area contributed by atoms with Crippen LogP contribution in [0.25, 0.3) is 5.83 Å². The molecule has 0 saturated heterocycles. The predicted molar refractivity (Wildman–Crippen MR) is 38.6 cm³/mol. The number of hydrogen-bond donors (Lipinski definition) is 0. The normalized spacial score (nSPS) is 10.6. The monoisotopic (exact) mass is 192 g/mol. The molecule has 0 aliphatic carbocycles. The van der Waals surface area contributed by atoms with E-state index in [1.807, 2.05) is 0 Å². The van der Waals surface area contributed by atoms with Crippen molar-refractivity contribution in [2.24, 2.45) is 0 Å². The molecule has 0 aliphatic heterocycles. The summed E-state index contributed by atoms with van der Waals surface area (Å²) in [6.45, 7) is 2.95. The molecule has 0 aliphatic rings. The summed E-state index contributed by atoms with van der Waals surface area (Å²) in [5, 5.41) is 6.11. The van der Waals surface area contributed by atoms with Gasteiger partial charge in [-0.1, -0.05) is 0 Å². The van der Waals surface area contributed by atoms with Crippen LogP contribution in [0.1, 0.15) is 32.1 Å². The molecule has 0 bridgehead atoms. The first-order valence-corrected chi connectivity index (χ1v) is 3.47. The summed E-state index contributed by atoms with van der Waals surface area (Å²) in [5.74, 6) is -2.14. The predicted octanol–water partition coefficient (Wildman–Crippen LogP) is 2.73. The lowest BCUT2D eigenvalue weighted by Gasteiger charge is -1.91. The molecule has 13 heavy (non-hydrogen) atoms. The first kappa shape index (κ1) is 9.76. The maximum absolute atomic E-state index is 13.0. The van der Waals surface area contributed by atoms with Gasteiger partial charge in [0, 0.05) is 0 Å². The van der Waals surface area contributed by atoms with Crippen LogP contribution >= 0.6 is 0 Å². The highest BCUT2D eigenvalue weighted by atomic mass is 19.3. The van der Waals surface area contributed by atoms with Gasteiger partial charge in [-0.25, -0.2) is 4.39 Å². The largest absolute Gasteiger partial charge is 0.413 e. The number of allylic oxidation sites excluding steroid dienone is 1. The van der Waals surface area contributed by atoms with Gasteiger partial charge in [-0.15, -0.1) is 10.2 Å². The lowest BCUT2D eigenvalue weighted by molar-refractivity contribution is 0.114. The summed E-state index contributed by atoms with van der Waals surface area (Å²) in [6, 6.07) is 0. The average Bonchev–Trinajstić information content (AvgIpc) is 2.50. The number of halogens is 3. The Balaban J connectivity index is 2.99. The van der Waals surface area contributed by atoms with Gasteiger partial charge in [0.1, 0.15) is 0 Å². The first-order chi connectivity index (χ1) is 6.02. The Bertz CT molecular complexity index is 328. The number of alkyl halides is 2. The minimum absolute atomic E-state index is 0.296. The highest BCUT2D eigenvalue weighted by Crippen LogP contribution is 2.22. The van der Waals surface area contributed by atoms with Gasteiger partial charge in [0.05, 0.1) is 0 Å². The molecular formula is C7H7F3N2O. The van der Waals surface area contributed by atoms with Crippen LogP contribution < -0.4 is 0 Å². The standard InChI is InChI=1S/C7H7F3N2O/c1-3(2)4(8)6-11-12-7(13-6)5(9)10/h5H,1-2H3. The second kappa shape index (κ2) is 3.59. The van der Waals surface area contributed by atoms with Gasteiger partial charge >= 0.3 is 6.43 Å². The van der Waals surface area contributed by atoms with E-state index in [9.17, 15) is 13.2 Å². The van der Waals surface area contributed by atoms with E-state index in [4.69, 9.17) is 0 Å². The second-order valence-corrected chi connectivity index (χ2v) is 2.56. The van der Waals surface area contributed by atoms with Crippen LogP contribution in [0.15, 0.2) is 9.99 Å². The zero-order chi connectivity index (χ0) is 10.0. The van der Waals surface area contributed by atoms with Crippen molar-refractivity contribution in [3.05, 3.63) is 17.4 Å². The van der Waals surface area contributed by atoms with Gasteiger partial charge in [-0.3, -0.25) is 0 Å². The van der Waals surface area contributed by atoms with Crippen molar-refractivity contribution in [1.82, 2.24) is 10.2 Å². The molecule has 3 nitrogen and oxygen atoms in total. The van der Waals surface area contributed by atoms with Gasteiger partial charge < -0.3 is 4.42 Å². The Kier molecular flexibility index (Phi) is 2.69. The van der Waals surface area contributed by atoms with Crippen molar-refractivity contribution in [2.45, 2.75) is 20.3 Å². The van der Waals surface area contributed by atoms with Crippen LogP contribution in [0.2, 0.25) is 0 Å². The minimum atomic E-state index is -2.87. The maximum atomic E-state index is 13.0. The average molecular weight is 192 g/mol. The third kappa shape index (κ3) is 2.07. The fourth-order valence-electron chi connectivity index (χ4n) is 0.625. The summed E-state index contributed by atoms with van der Waals surface area (Å²) in [6.07, 6.45) is -2.87. The van der Waals surface area contributed by atoms with E-state index >= 15 is 0 Å². The lowest BCUT2D eigenvalue weighted by Crippen LogP contribution is -1.81. The lowest BCUT2D eigenvalue weighted by atomic mass is 10.3. The zero-order valence-corrected chi connectivity index (χ0v) is 7.01. The molecule has 1 heterocycles. The summed E-state index contributed by atoms with van der Waals surface area (Å²) in [4.78, 5) is 0. The van der Waals surface area contributed by atoms with Crippen molar-refractivity contribution in [2.75, 3.05) is 0 Å². The highest BCUT2D eigenvalue weighted by Gasteiger charge is 2.18. The SMILES string of the molecule is CC(C)=C(F)c1nnc(C(F)F)o1. The Morgan fingerprint density at radius 3 is 2.31 bits per heavy atom. The van der Waals surface area contributed by atoms with Gasteiger partial charge in [-0.2, -0.15) is 8.78 Å². The van der Waals surface area contributed by atoms with Crippen molar-refractivity contribution in [3.63, 3.8) is 0 Å². The van der Waals surface area contributed by atoms with Gasteiger partial charge in [-0.05, 0) is 19.4 Å². The van der Waals surface area contributed by atoms with Crippen molar-refractivity contribution >= 4 is 5.83 Å². The highest BCUT2D eigenvalue weighted by molar-refractivity contribution is 5.52. The topological polar surface area (TPSA) is 38.9 Å². The molecule has 1 aromatic heterocycles. The molecule has 1 rings (SSSR count). The number of rotatable bonds is 2. The van der Waals surface area contributed by atoms with E-state index in [0.717, 1.165) is 0 Å². The molecule has 0 atom stereocenters. The fourth-order valence-corrected chi connectivity index (χ4v) is 0.625. The molecule has 6 heteroatoms. The van der Waals surface area contributed by atoms with E-state index in [1.165, 1.54) is 13.8 Å². The Morgan fingerprint density at radius 1 is 1.31 bits per heavy atom. The van der Waals surface area contributed by atoms with Crippen LogP contribution in [0, 0.1) is 0 Å². The van der Waals surface area contributed by atoms with Crippen LogP contribution in [-0.4, -0.2) is 10.2 Å². The Morgan fingerprint density at radius 2 is 1.92 bits per heavy atom. The molecule has 72 valence electrons. The van der Waals surface area contributed by atoms with Crippen molar-refractivity contribution in [3.8, 4) is 0 Å². The van der Waals surface area contributed by atoms with Gasteiger partial charge in [0.15, 0.2) is 5.83 Å². The van der Waals surface area contributed by atoms with E-state index < -0.39 is 24.0 Å². The maximum Gasteiger partial charge on any atom is 0.314 e. The van der Waals surface area contributed by atoms with E-state index in [1.54, 1.807) is 0 Å². The van der Waals surface area contributed by atoms with Crippen LogP contribution in [0.4, 0.5) is 13.2 Å².